The number of ether oxygens (including phenoxy) is 1. The first-order valence-electron chi connectivity index (χ1n) is 6.15. The van der Waals surface area contributed by atoms with E-state index in [0.717, 1.165) is 11.6 Å². The second-order valence-electron chi connectivity index (χ2n) is 4.56. The van der Waals surface area contributed by atoms with Gasteiger partial charge in [-0.15, -0.1) is 0 Å². The van der Waals surface area contributed by atoms with Crippen molar-refractivity contribution in [3.8, 4) is 0 Å². The minimum Gasteiger partial charge on any atom is -0.484 e. The van der Waals surface area contributed by atoms with E-state index in [1.54, 1.807) is 0 Å². The van der Waals surface area contributed by atoms with Crippen LogP contribution in [0.5, 0.6) is 0 Å². The summed E-state index contributed by atoms with van der Waals surface area (Å²) in [5.41, 5.74) is 2.02. The average molecular weight is 275 g/mol. The quantitative estimate of drug-likeness (QED) is 0.331. The first-order chi connectivity index (χ1) is 9.43. The van der Waals surface area contributed by atoms with E-state index in [-0.39, 0.29) is 12.4 Å². The van der Waals surface area contributed by atoms with E-state index in [1.807, 2.05) is 24.3 Å². The first kappa shape index (κ1) is 16.2. The molecule has 2 radical (unpaired) electrons. The van der Waals surface area contributed by atoms with Crippen LogP contribution < -0.4 is 0 Å². The number of halogens is 2. The van der Waals surface area contributed by atoms with Gasteiger partial charge in [0.25, 0.3) is 7.98 Å². The largest absolute Gasteiger partial charge is 0.484 e. The Balaban J connectivity index is 2.75. The van der Waals surface area contributed by atoms with E-state index in [1.165, 1.54) is 5.56 Å². The molecular formula is C15H16BF2NO. The van der Waals surface area contributed by atoms with E-state index in [4.69, 9.17) is 12.7 Å². The summed E-state index contributed by atoms with van der Waals surface area (Å²) in [6, 6.07) is 7.67. The van der Waals surface area contributed by atoms with Gasteiger partial charge in [0.05, 0.1) is 0 Å². The van der Waals surface area contributed by atoms with Gasteiger partial charge in [-0.05, 0) is 17.0 Å². The molecule has 0 amide bonds. The molecule has 0 aliphatic rings. The monoisotopic (exact) mass is 275 g/mol. The summed E-state index contributed by atoms with van der Waals surface area (Å²) in [4.78, 5) is 2.84. The molecule has 0 aliphatic heterocycles. The van der Waals surface area contributed by atoms with Crippen LogP contribution in [0.4, 0.5) is 8.78 Å². The lowest BCUT2D eigenvalue weighted by Crippen LogP contribution is -2.02. The zero-order chi connectivity index (χ0) is 15.1. The highest BCUT2D eigenvalue weighted by Gasteiger charge is 2.08. The summed E-state index contributed by atoms with van der Waals surface area (Å²) in [6.07, 6.45) is 0.800. The Hall–Kier alpha value is -1.91. The Morgan fingerprint density at radius 3 is 2.40 bits per heavy atom. The molecule has 0 aromatic heterocycles. The molecule has 0 heterocycles. The smallest absolute Gasteiger partial charge is 0.263 e. The lowest BCUT2D eigenvalue weighted by molar-refractivity contribution is 0.212. The first-order valence-corrected chi connectivity index (χ1v) is 6.15. The van der Waals surface area contributed by atoms with Crippen LogP contribution in [0.15, 0.2) is 53.4 Å². The van der Waals surface area contributed by atoms with Gasteiger partial charge >= 0.3 is 0 Å². The van der Waals surface area contributed by atoms with Crippen LogP contribution in [0.25, 0.3) is 0 Å². The van der Waals surface area contributed by atoms with Crippen molar-refractivity contribution in [2.45, 2.75) is 26.4 Å². The predicted octanol–water partition coefficient (Wildman–Crippen LogP) is 4.15. The van der Waals surface area contributed by atoms with Crippen molar-refractivity contribution >= 4 is 13.9 Å². The molecule has 0 N–H and O–H groups in total. The number of allylic oxidation sites excluding steroid dienone is 3. The zero-order valence-corrected chi connectivity index (χ0v) is 11.6. The Labute approximate surface area is 119 Å². The van der Waals surface area contributed by atoms with Gasteiger partial charge in [-0.3, -0.25) is 0 Å². The summed E-state index contributed by atoms with van der Waals surface area (Å²) < 4.78 is 31.1. The molecule has 1 rings (SSSR count). The van der Waals surface area contributed by atoms with Crippen molar-refractivity contribution in [3.63, 3.8) is 0 Å². The van der Waals surface area contributed by atoms with Gasteiger partial charge < -0.3 is 9.64 Å². The molecule has 0 bridgehead atoms. The summed E-state index contributed by atoms with van der Waals surface area (Å²) in [6.45, 7) is 7.27. The van der Waals surface area contributed by atoms with Crippen LogP contribution in [0, 0.1) is 0 Å². The topological polar surface area (TPSA) is 21.6 Å². The molecule has 2 nitrogen and oxygen atoms in total. The second-order valence-corrected chi connectivity index (χ2v) is 4.56. The van der Waals surface area contributed by atoms with Gasteiger partial charge in [-0.2, -0.15) is 4.39 Å². The van der Waals surface area contributed by atoms with Gasteiger partial charge in [0, 0.05) is 6.08 Å². The van der Waals surface area contributed by atoms with Gasteiger partial charge in [-0.25, -0.2) is 4.39 Å². The fraction of sp³-hybridized carbons (Fsp3) is 0.267. The summed E-state index contributed by atoms with van der Waals surface area (Å²) >= 11 is 0. The molecule has 1 aromatic carbocycles. The van der Waals surface area contributed by atoms with Crippen molar-refractivity contribution in [2.75, 3.05) is 0 Å². The summed E-state index contributed by atoms with van der Waals surface area (Å²) in [5, 5.41) is 0. The molecule has 5 heteroatoms. The van der Waals surface area contributed by atoms with Crippen molar-refractivity contribution < 1.29 is 13.5 Å². The van der Waals surface area contributed by atoms with Crippen LogP contribution in [-0.4, -0.2) is 13.9 Å². The van der Waals surface area contributed by atoms with Gasteiger partial charge in [0.1, 0.15) is 12.4 Å². The number of hydrogen-bond acceptors (Lipinski definition) is 2. The highest BCUT2D eigenvalue weighted by atomic mass is 19.1. The summed E-state index contributed by atoms with van der Waals surface area (Å²) in [7, 11) is 4.81. The van der Waals surface area contributed by atoms with E-state index < -0.39 is 11.8 Å². The molecule has 104 valence electrons. The Kier molecular flexibility index (Phi) is 6.16. The molecule has 0 fully saturated rings. The van der Waals surface area contributed by atoms with E-state index in [2.05, 4.69) is 25.3 Å². The van der Waals surface area contributed by atoms with Crippen LogP contribution >= 0.6 is 0 Å². The molecule has 20 heavy (non-hydrogen) atoms. The number of hydrogen-bond donors (Lipinski definition) is 0. The average Bonchev–Trinajstić information content (AvgIpc) is 2.42. The van der Waals surface area contributed by atoms with Crippen LogP contribution in [0.3, 0.4) is 0 Å². The lowest BCUT2D eigenvalue weighted by atomic mass is 10.0. The number of rotatable bonds is 6. The maximum absolute atomic E-state index is 13.3. The van der Waals surface area contributed by atoms with E-state index >= 15 is 0 Å². The van der Waals surface area contributed by atoms with Crippen molar-refractivity contribution in [2.24, 2.45) is 4.90 Å². The third kappa shape index (κ3) is 5.00. The second kappa shape index (κ2) is 7.63. The molecule has 0 unspecified atom stereocenters. The van der Waals surface area contributed by atoms with Gasteiger partial charge in [0.2, 0.25) is 5.97 Å². The minimum absolute atomic E-state index is 0.0838. The number of benzene rings is 1. The molecular weight excluding hydrogens is 259 g/mol. The van der Waals surface area contributed by atoms with Crippen molar-refractivity contribution in [1.29, 1.82) is 0 Å². The molecule has 0 atom stereocenters. The van der Waals surface area contributed by atoms with Gasteiger partial charge in [-0.1, -0.05) is 44.7 Å². The minimum atomic E-state index is -1.08. The summed E-state index contributed by atoms with van der Waals surface area (Å²) in [5.74, 6) is -1.87. The lowest BCUT2D eigenvalue weighted by Gasteiger charge is -2.10. The van der Waals surface area contributed by atoms with Crippen LogP contribution in [0.2, 0.25) is 0 Å². The van der Waals surface area contributed by atoms with Crippen molar-refractivity contribution in [1.82, 2.24) is 0 Å². The molecule has 0 saturated heterocycles. The standard InChI is InChI=1S/C15H16BF2NO/c1-10(2)13-6-4-12(5-7-13)9-20-14(8-11(3)17)15(18)19-16/h4-8,10H,3,9H2,1-2H3/b14-8+,19-15?. The normalized spacial score (nSPS) is 12.7. The Bertz CT molecular complexity index is 521. The fourth-order valence-electron chi connectivity index (χ4n) is 1.53. The third-order valence-electron chi connectivity index (χ3n) is 2.65. The maximum atomic E-state index is 13.3. The fourth-order valence-corrected chi connectivity index (χ4v) is 1.53. The Morgan fingerprint density at radius 1 is 1.35 bits per heavy atom. The molecule has 1 aromatic rings. The van der Waals surface area contributed by atoms with Crippen LogP contribution in [0.1, 0.15) is 30.9 Å². The molecule has 0 aliphatic carbocycles. The Morgan fingerprint density at radius 2 is 1.95 bits per heavy atom. The van der Waals surface area contributed by atoms with E-state index in [0.29, 0.717) is 5.92 Å². The number of nitrogens with zero attached hydrogens (tertiary/aromatic N) is 1. The highest BCUT2D eigenvalue weighted by molar-refractivity contribution is 6.14. The molecule has 0 spiro atoms. The maximum Gasteiger partial charge on any atom is 0.263 e. The SMILES string of the molecule is [B]N=C(F)/C(=C\C(=C)F)OCc1ccc(C(C)C)cc1. The third-order valence-corrected chi connectivity index (χ3v) is 2.65. The van der Waals surface area contributed by atoms with Crippen molar-refractivity contribution in [3.05, 3.63) is 59.6 Å². The van der Waals surface area contributed by atoms with Gasteiger partial charge in [0.15, 0.2) is 5.76 Å². The predicted molar refractivity (Wildman–Crippen MR) is 77.9 cm³/mol. The van der Waals surface area contributed by atoms with Crippen LogP contribution in [-0.2, 0) is 11.3 Å². The molecule has 0 saturated carbocycles. The highest BCUT2D eigenvalue weighted by Crippen LogP contribution is 2.16. The van der Waals surface area contributed by atoms with E-state index in [9.17, 15) is 8.78 Å². The zero-order valence-electron chi connectivity index (χ0n) is 11.6.